The van der Waals surface area contributed by atoms with Gasteiger partial charge in [-0.05, 0) is 47.7 Å². The highest BCUT2D eigenvalue weighted by molar-refractivity contribution is 6.30. The first-order valence-corrected chi connectivity index (χ1v) is 10.3. The van der Waals surface area contributed by atoms with E-state index in [2.05, 4.69) is 17.4 Å². The molecule has 1 aliphatic heterocycles. The van der Waals surface area contributed by atoms with Crippen molar-refractivity contribution >= 4 is 34.5 Å². The van der Waals surface area contributed by atoms with E-state index in [1.165, 1.54) is 5.56 Å². The summed E-state index contributed by atoms with van der Waals surface area (Å²) in [7, 11) is 0. The number of hydrogen-bond donors (Lipinski definition) is 1. The third-order valence-corrected chi connectivity index (χ3v) is 6.17. The SMILES string of the molecule is O=C1C[C@@H](c2ccccc2)CC2=Nc3ccccc3N[C@@H](c3ccc(Cl)cc3)C12. The predicted octanol–water partition coefficient (Wildman–Crippen LogP) is 6.34. The number of hydrogen-bond acceptors (Lipinski definition) is 3. The third kappa shape index (κ3) is 3.47. The lowest BCUT2D eigenvalue weighted by molar-refractivity contribution is -0.122. The van der Waals surface area contributed by atoms with Gasteiger partial charge in [-0.25, -0.2) is 0 Å². The molecule has 0 spiro atoms. The van der Waals surface area contributed by atoms with Crippen LogP contribution >= 0.6 is 11.6 Å². The van der Waals surface area contributed by atoms with Gasteiger partial charge >= 0.3 is 0 Å². The lowest BCUT2D eigenvalue weighted by Gasteiger charge is -2.34. The van der Waals surface area contributed by atoms with Crippen molar-refractivity contribution < 1.29 is 4.79 Å². The second-order valence-electron chi connectivity index (χ2n) is 7.75. The molecule has 29 heavy (non-hydrogen) atoms. The van der Waals surface area contributed by atoms with Crippen LogP contribution in [0.2, 0.25) is 5.02 Å². The van der Waals surface area contributed by atoms with Gasteiger partial charge in [-0.15, -0.1) is 0 Å². The number of halogens is 1. The van der Waals surface area contributed by atoms with Crippen molar-refractivity contribution in [3.63, 3.8) is 0 Å². The topological polar surface area (TPSA) is 41.5 Å². The summed E-state index contributed by atoms with van der Waals surface area (Å²) in [6.45, 7) is 0. The van der Waals surface area contributed by atoms with Crippen molar-refractivity contribution in [3.8, 4) is 0 Å². The molecule has 0 aromatic heterocycles. The van der Waals surface area contributed by atoms with Crippen LogP contribution in [0.15, 0.2) is 83.9 Å². The van der Waals surface area contributed by atoms with Crippen LogP contribution in [-0.2, 0) is 4.79 Å². The molecule has 1 aliphatic carbocycles. The average Bonchev–Trinajstić information content (AvgIpc) is 2.92. The second-order valence-corrected chi connectivity index (χ2v) is 8.19. The first-order valence-electron chi connectivity index (χ1n) is 9.95. The molecule has 1 unspecified atom stereocenters. The Balaban J connectivity index is 1.60. The molecule has 3 aromatic carbocycles. The lowest BCUT2D eigenvalue weighted by atomic mass is 9.72. The number of Topliss-reactive ketones (excluding diaryl/α,β-unsaturated/α-hetero) is 1. The van der Waals surface area contributed by atoms with Gasteiger partial charge in [0.05, 0.1) is 23.3 Å². The highest BCUT2D eigenvalue weighted by atomic mass is 35.5. The molecule has 3 nitrogen and oxygen atoms in total. The summed E-state index contributed by atoms with van der Waals surface area (Å²) in [5.74, 6) is 0.141. The number of carbonyl (C=O) groups excluding carboxylic acids is 1. The second kappa shape index (κ2) is 7.49. The summed E-state index contributed by atoms with van der Waals surface area (Å²) < 4.78 is 0. The standard InChI is InChI=1S/C25H21ClN2O/c26-19-12-10-17(11-13-19)25-24-22(27-20-8-4-5-9-21(20)28-25)14-18(15-23(24)29)16-6-2-1-3-7-16/h1-13,18,24-25,28H,14-15H2/t18-,24?,25-/m0/s1. The molecule has 3 atom stereocenters. The largest absolute Gasteiger partial charge is 0.375 e. The van der Waals surface area contributed by atoms with Crippen molar-refractivity contribution in [3.05, 3.63) is 95.0 Å². The highest BCUT2D eigenvalue weighted by Gasteiger charge is 2.41. The molecular formula is C25H21ClN2O. The molecule has 1 saturated carbocycles. The molecule has 4 heteroatoms. The molecule has 1 fully saturated rings. The monoisotopic (exact) mass is 400 g/mol. The average molecular weight is 401 g/mol. The fourth-order valence-electron chi connectivity index (χ4n) is 4.51. The van der Waals surface area contributed by atoms with E-state index >= 15 is 0 Å². The number of benzene rings is 3. The van der Waals surface area contributed by atoms with E-state index in [0.29, 0.717) is 11.4 Å². The maximum atomic E-state index is 13.4. The van der Waals surface area contributed by atoms with Crippen LogP contribution in [0.5, 0.6) is 0 Å². The molecule has 3 aromatic rings. The van der Waals surface area contributed by atoms with Crippen LogP contribution in [0.1, 0.15) is 35.9 Å². The van der Waals surface area contributed by atoms with E-state index in [1.54, 1.807) is 0 Å². The highest BCUT2D eigenvalue weighted by Crippen LogP contribution is 2.43. The quantitative estimate of drug-likeness (QED) is 0.545. The first-order chi connectivity index (χ1) is 14.2. The van der Waals surface area contributed by atoms with Crippen LogP contribution in [0, 0.1) is 5.92 Å². The normalized spacial score (nSPS) is 23.3. The first kappa shape index (κ1) is 18.1. The Bertz CT molecular complexity index is 1080. The number of fused-ring (bicyclic) bond motifs is 2. The van der Waals surface area contributed by atoms with E-state index in [1.807, 2.05) is 66.7 Å². The minimum absolute atomic E-state index is 0.154. The zero-order chi connectivity index (χ0) is 19.8. The smallest absolute Gasteiger partial charge is 0.144 e. The van der Waals surface area contributed by atoms with Gasteiger partial charge < -0.3 is 5.32 Å². The number of ketones is 1. The van der Waals surface area contributed by atoms with Gasteiger partial charge in [0, 0.05) is 17.2 Å². The molecule has 1 heterocycles. The number of nitrogens with zero attached hydrogens (tertiary/aromatic N) is 1. The summed E-state index contributed by atoms with van der Waals surface area (Å²) >= 11 is 6.11. The molecule has 0 bridgehead atoms. The van der Waals surface area contributed by atoms with E-state index < -0.39 is 0 Å². The zero-order valence-electron chi connectivity index (χ0n) is 15.9. The summed E-state index contributed by atoms with van der Waals surface area (Å²) in [5.41, 5.74) is 5.07. The Morgan fingerprint density at radius 2 is 1.55 bits per heavy atom. The molecule has 0 radical (unpaired) electrons. The molecule has 144 valence electrons. The van der Waals surface area contributed by atoms with Gasteiger partial charge in [0.15, 0.2) is 0 Å². The lowest BCUT2D eigenvalue weighted by Crippen LogP contribution is -2.38. The van der Waals surface area contributed by atoms with Gasteiger partial charge in [-0.1, -0.05) is 66.2 Å². The Morgan fingerprint density at radius 1 is 0.828 bits per heavy atom. The van der Waals surface area contributed by atoms with Gasteiger partial charge in [0.25, 0.3) is 0 Å². The maximum Gasteiger partial charge on any atom is 0.144 e. The van der Waals surface area contributed by atoms with Gasteiger partial charge in [-0.2, -0.15) is 0 Å². The molecule has 0 saturated heterocycles. The van der Waals surface area contributed by atoms with Crippen LogP contribution in [0.3, 0.4) is 0 Å². The molecule has 5 rings (SSSR count). The van der Waals surface area contributed by atoms with E-state index in [4.69, 9.17) is 16.6 Å². The Kier molecular flexibility index (Phi) is 4.69. The van der Waals surface area contributed by atoms with Crippen LogP contribution in [0.25, 0.3) is 0 Å². The molecule has 0 amide bonds. The summed E-state index contributed by atoms with van der Waals surface area (Å²) in [6, 6.07) is 25.9. The number of aliphatic imine (C=N–C) groups is 1. The molecule has 1 N–H and O–H groups in total. The van der Waals surface area contributed by atoms with Gasteiger partial charge in [0.2, 0.25) is 0 Å². The van der Waals surface area contributed by atoms with E-state index in [9.17, 15) is 4.79 Å². The number of nitrogens with one attached hydrogen (secondary N) is 1. The van der Waals surface area contributed by atoms with E-state index in [-0.39, 0.29) is 23.7 Å². The fourth-order valence-corrected chi connectivity index (χ4v) is 4.63. The number of rotatable bonds is 2. The minimum Gasteiger partial charge on any atom is -0.375 e. The number of carbonyl (C=O) groups is 1. The van der Waals surface area contributed by atoms with Crippen LogP contribution in [-0.4, -0.2) is 11.5 Å². The van der Waals surface area contributed by atoms with Crippen LogP contribution in [0.4, 0.5) is 11.4 Å². The fraction of sp³-hybridized carbons (Fsp3) is 0.200. The Morgan fingerprint density at radius 3 is 2.34 bits per heavy atom. The predicted molar refractivity (Wildman–Crippen MR) is 118 cm³/mol. The third-order valence-electron chi connectivity index (χ3n) is 5.92. The van der Waals surface area contributed by atoms with Gasteiger partial charge in [-0.3, -0.25) is 9.79 Å². The maximum absolute atomic E-state index is 13.4. The van der Waals surface area contributed by atoms with Crippen LogP contribution < -0.4 is 5.32 Å². The van der Waals surface area contributed by atoms with Crippen molar-refractivity contribution in [1.29, 1.82) is 0 Å². The number of para-hydroxylation sites is 2. The summed E-state index contributed by atoms with van der Waals surface area (Å²) in [5, 5.41) is 4.29. The molecular weight excluding hydrogens is 380 g/mol. The van der Waals surface area contributed by atoms with Crippen molar-refractivity contribution in [2.75, 3.05) is 5.32 Å². The van der Waals surface area contributed by atoms with Crippen molar-refractivity contribution in [2.24, 2.45) is 10.9 Å². The van der Waals surface area contributed by atoms with Crippen molar-refractivity contribution in [2.45, 2.75) is 24.8 Å². The Hall–Kier alpha value is -2.91. The van der Waals surface area contributed by atoms with Crippen molar-refractivity contribution in [1.82, 2.24) is 0 Å². The minimum atomic E-state index is -0.275. The van der Waals surface area contributed by atoms with Gasteiger partial charge in [0.1, 0.15) is 5.78 Å². The summed E-state index contributed by atoms with van der Waals surface area (Å²) in [6.07, 6.45) is 1.33. The Labute approximate surface area is 175 Å². The summed E-state index contributed by atoms with van der Waals surface area (Å²) in [4.78, 5) is 18.4. The number of anilines is 1. The van der Waals surface area contributed by atoms with E-state index in [0.717, 1.165) is 29.1 Å². The molecule has 2 aliphatic rings. The zero-order valence-corrected chi connectivity index (χ0v) is 16.6.